The van der Waals surface area contributed by atoms with Crippen molar-refractivity contribution in [3.05, 3.63) is 74.5 Å². The fourth-order valence-corrected chi connectivity index (χ4v) is 1.81. The number of carbonyl (C=O) groups excluding carboxylic acids is 1. The summed E-state index contributed by atoms with van der Waals surface area (Å²) in [4.78, 5) is 21.7. The topological polar surface area (TPSA) is 69.4 Å². The van der Waals surface area contributed by atoms with Crippen LogP contribution in [0.3, 0.4) is 0 Å². The first-order valence-corrected chi connectivity index (χ1v) is 6.20. The molecule has 0 aliphatic rings. The third-order valence-electron chi connectivity index (χ3n) is 2.69. The van der Waals surface area contributed by atoms with E-state index in [9.17, 15) is 19.3 Å². The molecule has 0 bridgehead atoms. The van der Waals surface area contributed by atoms with Crippen molar-refractivity contribution < 1.29 is 18.8 Å². The first kappa shape index (κ1) is 14.9. The van der Waals surface area contributed by atoms with E-state index in [-0.39, 0.29) is 22.9 Å². The monoisotopic (exact) mass is 309 g/mol. The number of esters is 1. The molecule has 0 atom stereocenters. The molecule has 0 radical (unpaired) electrons. The summed E-state index contributed by atoms with van der Waals surface area (Å²) in [5.41, 5.74) is 0.501. The van der Waals surface area contributed by atoms with Crippen molar-refractivity contribution in [2.75, 3.05) is 0 Å². The standard InChI is InChI=1S/C14H9ClFNO4/c15-13-7-12(17(19)20)6-3-10(13)8-21-14(18)9-1-4-11(16)5-2-9/h1-7H,8H2. The Morgan fingerprint density at radius 3 is 2.48 bits per heavy atom. The average Bonchev–Trinajstić information content (AvgIpc) is 2.46. The van der Waals surface area contributed by atoms with Gasteiger partial charge in [0.05, 0.1) is 15.5 Å². The molecular weight excluding hydrogens is 301 g/mol. The highest BCUT2D eigenvalue weighted by Gasteiger charge is 2.12. The summed E-state index contributed by atoms with van der Waals surface area (Å²) in [5, 5.41) is 10.7. The van der Waals surface area contributed by atoms with Gasteiger partial charge in [-0.3, -0.25) is 10.1 Å². The molecule has 0 spiro atoms. The first-order valence-electron chi connectivity index (χ1n) is 5.83. The van der Waals surface area contributed by atoms with E-state index in [0.29, 0.717) is 5.56 Å². The molecule has 108 valence electrons. The predicted octanol–water partition coefficient (Wildman–Crippen LogP) is 3.74. The second-order valence-corrected chi connectivity index (χ2v) is 4.52. The second kappa shape index (κ2) is 6.32. The number of halogens is 2. The van der Waals surface area contributed by atoms with Gasteiger partial charge in [0.25, 0.3) is 5.69 Å². The molecule has 0 aliphatic carbocycles. The SMILES string of the molecule is O=C(OCc1ccc([N+](=O)[O-])cc1Cl)c1ccc(F)cc1. The Morgan fingerprint density at radius 2 is 1.90 bits per heavy atom. The van der Waals surface area contributed by atoms with Gasteiger partial charge in [0.1, 0.15) is 12.4 Å². The molecule has 0 amide bonds. The largest absolute Gasteiger partial charge is 0.457 e. The summed E-state index contributed by atoms with van der Waals surface area (Å²) in [5.74, 6) is -1.09. The smallest absolute Gasteiger partial charge is 0.338 e. The fraction of sp³-hybridized carbons (Fsp3) is 0.0714. The molecule has 2 rings (SSSR count). The number of hydrogen-bond donors (Lipinski definition) is 0. The summed E-state index contributed by atoms with van der Waals surface area (Å²) in [6.45, 7) is -0.132. The Labute approximate surface area is 124 Å². The Balaban J connectivity index is 2.04. The molecule has 0 saturated heterocycles. The van der Waals surface area contributed by atoms with Crippen molar-refractivity contribution in [2.24, 2.45) is 0 Å². The Kier molecular flexibility index (Phi) is 4.49. The van der Waals surface area contributed by atoms with Crippen molar-refractivity contribution in [1.29, 1.82) is 0 Å². The Morgan fingerprint density at radius 1 is 1.24 bits per heavy atom. The third kappa shape index (κ3) is 3.76. The molecule has 7 heteroatoms. The normalized spacial score (nSPS) is 10.2. The molecule has 0 aromatic heterocycles. The first-order chi connectivity index (χ1) is 9.97. The highest BCUT2D eigenvalue weighted by Crippen LogP contribution is 2.23. The van der Waals surface area contributed by atoms with Crippen LogP contribution in [0.15, 0.2) is 42.5 Å². The number of ether oxygens (including phenoxy) is 1. The van der Waals surface area contributed by atoms with Gasteiger partial charge in [-0.1, -0.05) is 11.6 Å². The quantitative estimate of drug-likeness (QED) is 0.490. The molecule has 0 N–H and O–H groups in total. The van der Waals surface area contributed by atoms with Gasteiger partial charge in [-0.25, -0.2) is 9.18 Å². The minimum absolute atomic E-state index is 0.132. The van der Waals surface area contributed by atoms with Crippen LogP contribution in [0.4, 0.5) is 10.1 Å². The molecule has 5 nitrogen and oxygen atoms in total. The van der Waals surface area contributed by atoms with Gasteiger partial charge in [-0.05, 0) is 30.3 Å². The zero-order valence-electron chi connectivity index (χ0n) is 10.6. The summed E-state index contributed by atoms with van der Waals surface area (Å²) < 4.78 is 17.8. The minimum atomic E-state index is -0.635. The van der Waals surface area contributed by atoms with Crippen molar-refractivity contribution in [3.8, 4) is 0 Å². The van der Waals surface area contributed by atoms with Gasteiger partial charge >= 0.3 is 5.97 Å². The molecular formula is C14H9ClFNO4. The van der Waals surface area contributed by atoms with E-state index in [0.717, 1.165) is 12.1 Å². The second-order valence-electron chi connectivity index (χ2n) is 4.12. The maximum atomic E-state index is 12.7. The zero-order chi connectivity index (χ0) is 15.4. The fourth-order valence-electron chi connectivity index (χ4n) is 1.58. The number of benzene rings is 2. The van der Waals surface area contributed by atoms with Crippen LogP contribution in [0, 0.1) is 15.9 Å². The molecule has 0 unspecified atom stereocenters. The van der Waals surface area contributed by atoms with Gasteiger partial charge in [0, 0.05) is 17.7 Å². The highest BCUT2D eigenvalue weighted by atomic mass is 35.5. The van der Waals surface area contributed by atoms with Gasteiger partial charge in [-0.15, -0.1) is 0 Å². The lowest BCUT2D eigenvalue weighted by Gasteiger charge is -2.06. The van der Waals surface area contributed by atoms with Crippen molar-refractivity contribution in [1.82, 2.24) is 0 Å². The van der Waals surface area contributed by atoms with Crippen LogP contribution in [-0.2, 0) is 11.3 Å². The van der Waals surface area contributed by atoms with Gasteiger partial charge in [0.15, 0.2) is 0 Å². The zero-order valence-corrected chi connectivity index (χ0v) is 11.3. The number of rotatable bonds is 4. The van der Waals surface area contributed by atoms with Crippen LogP contribution in [-0.4, -0.2) is 10.9 Å². The molecule has 0 heterocycles. The summed E-state index contributed by atoms with van der Waals surface area (Å²) in [6.07, 6.45) is 0. The van der Waals surface area contributed by atoms with Crippen molar-refractivity contribution in [3.63, 3.8) is 0 Å². The number of nitro benzene ring substituents is 1. The molecule has 0 saturated carbocycles. The van der Waals surface area contributed by atoms with E-state index in [1.807, 2.05) is 0 Å². The molecule has 21 heavy (non-hydrogen) atoms. The van der Waals surface area contributed by atoms with Crippen LogP contribution in [0.5, 0.6) is 0 Å². The number of nitrogens with zero attached hydrogens (tertiary/aromatic N) is 1. The maximum absolute atomic E-state index is 12.7. The van der Waals surface area contributed by atoms with Gasteiger partial charge in [0.2, 0.25) is 0 Å². The van der Waals surface area contributed by atoms with Gasteiger partial charge < -0.3 is 4.74 Å². The summed E-state index contributed by atoms with van der Waals surface area (Å²) in [7, 11) is 0. The Bertz CT molecular complexity index is 688. The predicted molar refractivity (Wildman–Crippen MR) is 73.6 cm³/mol. The molecule has 0 aliphatic heterocycles. The van der Waals surface area contributed by atoms with Crippen LogP contribution in [0.25, 0.3) is 0 Å². The van der Waals surface area contributed by atoms with Crippen LogP contribution >= 0.6 is 11.6 Å². The van der Waals surface area contributed by atoms with E-state index >= 15 is 0 Å². The highest BCUT2D eigenvalue weighted by molar-refractivity contribution is 6.31. The van der Waals surface area contributed by atoms with E-state index in [4.69, 9.17) is 16.3 Å². The molecule has 2 aromatic rings. The van der Waals surface area contributed by atoms with Crippen molar-refractivity contribution in [2.45, 2.75) is 6.61 Å². The lowest BCUT2D eigenvalue weighted by Crippen LogP contribution is -2.05. The number of carbonyl (C=O) groups is 1. The summed E-state index contributed by atoms with van der Waals surface area (Å²) >= 11 is 5.88. The number of nitro groups is 1. The van der Waals surface area contributed by atoms with E-state index in [1.54, 1.807) is 0 Å². The van der Waals surface area contributed by atoms with E-state index < -0.39 is 16.7 Å². The number of hydrogen-bond acceptors (Lipinski definition) is 4. The van der Waals surface area contributed by atoms with Crippen molar-refractivity contribution >= 4 is 23.3 Å². The van der Waals surface area contributed by atoms with E-state index in [2.05, 4.69) is 0 Å². The Hall–Kier alpha value is -2.47. The molecule has 2 aromatic carbocycles. The summed E-state index contributed by atoms with van der Waals surface area (Å²) in [6, 6.07) is 8.77. The van der Waals surface area contributed by atoms with Crippen LogP contribution < -0.4 is 0 Å². The third-order valence-corrected chi connectivity index (χ3v) is 3.04. The van der Waals surface area contributed by atoms with Crippen LogP contribution in [0.2, 0.25) is 5.02 Å². The average molecular weight is 310 g/mol. The lowest BCUT2D eigenvalue weighted by atomic mass is 10.2. The maximum Gasteiger partial charge on any atom is 0.338 e. The van der Waals surface area contributed by atoms with Gasteiger partial charge in [-0.2, -0.15) is 0 Å². The van der Waals surface area contributed by atoms with E-state index in [1.165, 1.54) is 30.3 Å². The lowest BCUT2D eigenvalue weighted by molar-refractivity contribution is -0.384. The minimum Gasteiger partial charge on any atom is -0.457 e. The molecule has 0 fully saturated rings. The van der Waals surface area contributed by atoms with Crippen LogP contribution in [0.1, 0.15) is 15.9 Å². The number of non-ortho nitro benzene ring substituents is 1.